The van der Waals surface area contributed by atoms with Crippen molar-refractivity contribution >= 4 is 11.6 Å². The molecule has 0 bridgehead atoms. The minimum atomic E-state index is -0.475. The van der Waals surface area contributed by atoms with E-state index in [0.717, 1.165) is 42.0 Å². The lowest BCUT2D eigenvalue weighted by Gasteiger charge is -2.36. The topological polar surface area (TPSA) is 29.5 Å². The quantitative estimate of drug-likeness (QED) is 0.750. The second-order valence-corrected chi connectivity index (χ2v) is 7.63. The second-order valence-electron chi connectivity index (χ2n) is 7.20. The van der Waals surface area contributed by atoms with E-state index in [1.165, 1.54) is 18.4 Å². The molecule has 0 aliphatic carbocycles. The largest absolute Gasteiger partial charge is 0.490 e. The van der Waals surface area contributed by atoms with Gasteiger partial charge in [0.05, 0.1) is 13.1 Å². The molecule has 0 saturated carbocycles. The maximum absolute atomic E-state index is 10.6. The Morgan fingerprint density at radius 3 is 2.52 bits per heavy atom. The van der Waals surface area contributed by atoms with E-state index >= 15 is 0 Å². The number of rotatable bonds is 7. The Morgan fingerprint density at radius 2 is 1.84 bits per heavy atom. The van der Waals surface area contributed by atoms with E-state index < -0.39 is 6.10 Å². The van der Waals surface area contributed by atoms with Crippen molar-refractivity contribution in [2.24, 2.45) is 0 Å². The van der Waals surface area contributed by atoms with Crippen LogP contribution in [0.25, 0.3) is 0 Å². The molecule has 0 aromatic heterocycles. The molecular formula is C21H27ClNO2+. The van der Waals surface area contributed by atoms with Crippen LogP contribution in [0.1, 0.15) is 24.0 Å². The van der Waals surface area contributed by atoms with E-state index in [9.17, 15) is 5.11 Å². The number of halogens is 1. The first-order chi connectivity index (χ1) is 12.1. The van der Waals surface area contributed by atoms with Crippen LogP contribution in [0.2, 0.25) is 5.02 Å². The van der Waals surface area contributed by atoms with Crippen molar-refractivity contribution in [3.8, 4) is 5.75 Å². The lowest BCUT2D eigenvalue weighted by molar-refractivity contribution is -0.932. The molecule has 1 heterocycles. The number of benzene rings is 2. The molecule has 1 aliphatic heterocycles. The lowest BCUT2D eigenvalue weighted by atomic mass is 10.1. The highest BCUT2D eigenvalue weighted by Crippen LogP contribution is 2.25. The van der Waals surface area contributed by atoms with Crippen molar-refractivity contribution in [3.05, 3.63) is 64.7 Å². The summed E-state index contributed by atoms with van der Waals surface area (Å²) >= 11 is 5.98. The van der Waals surface area contributed by atoms with E-state index in [2.05, 4.69) is 30.3 Å². The summed E-state index contributed by atoms with van der Waals surface area (Å²) in [6.07, 6.45) is 1.99. The Labute approximate surface area is 155 Å². The van der Waals surface area contributed by atoms with Gasteiger partial charge in [0.15, 0.2) is 0 Å². The van der Waals surface area contributed by atoms with Crippen LogP contribution in [0.3, 0.4) is 0 Å². The molecule has 1 aliphatic rings. The first kappa shape index (κ1) is 18.2. The summed E-state index contributed by atoms with van der Waals surface area (Å²) in [7, 11) is 0. The van der Waals surface area contributed by atoms with E-state index in [1.54, 1.807) is 0 Å². The monoisotopic (exact) mass is 360 g/mol. The third kappa shape index (κ3) is 4.97. The van der Waals surface area contributed by atoms with Gasteiger partial charge in [-0.2, -0.15) is 0 Å². The normalized spacial score (nSPS) is 17.4. The number of hydrogen-bond donors (Lipinski definition) is 1. The number of nitrogens with zero attached hydrogens (tertiary/aromatic N) is 1. The van der Waals surface area contributed by atoms with Gasteiger partial charge in [-0.05, 0) is 30.7 Å². The van der Waals surface area contributed by atoms with Gasteiger partial charge in [0.25, 0.3) is 0 Å². The number of quaternary nitrogens is 1. The molecule has 0 spiro atoms. The average Bonchev–Trinajstić information content (AvgIpc) is 3.03. The molecule has 3 rings (SSSR count). The van der Waals surface area contributed by atoms with Gasteiger partial charge < -0.3 is 14.3 Å². The molecule has 2 aromatic carbocycles. The van der Waals surface area contributed by atoms with Crippen LogP contribution >= 0.6 is 11.6 Å². The minimum absolute atomic E-state index is 0.317. The fourth-order valence-corrected chi connectivity index (χ4v) is 4.07. The Hall–Kier alpha value is -1.55. The first-order valence-corrected chi connectivity index (χ1v) is 9.40. The summed E-state index contributed by atoms with van der Waals surface area (Å²) in [5.41, 5.74) is 2.33. The average molecular weight is 361 g/mol. The van der Waals surface area contributed by atoms with Crippen LogP contribution in [0.5, 0.6) is 5.75 Å². The van der Waals surface area contributed by atoms with Crippen LogP contribution in [0, 0.1) is 6.92 Å². The molecule has 3 nitrogen and oxygen atoms in total. The summed E-state index contributed by atoms with van der Waals surface area (Å²) in [6.45, 7) is 6.27. The molecule has 0 unspecified atom stereocenters. The zero-order valence-corrected chi connectivity index (χ0v) is 15.6. The van der Waals surface area contributed by atoms with Gasteiger partial charge >= 0.3 is 0 Å². The van der Waals surface area contributed by atoms with Gasteiger partial charge in [-0.15, -0.1) is 0 Å². The predicted molar refractivity (Wildman–Crippen MR) is 102 cm³/mol. The van der Waals surface area contributed by atoms with Crippen molar-refractivity contribution in [3.63, 3.8) is 0 Å². The molecule has 1 atom stereocenters. The molecule has 25 heavy (non-hydrogen) atoms. The van der Waals surface area contributed by atoms with Crippen molar-refractivity contribution in [2.75, 3.05) is 26.2 Å². The van der Waals surface area contributed by atoms with Gasteiger partial charge in [-0.1, -0.05) is 41.9 Å². The lowest BCUT2D eigenvalue weighted by Crippen LogP contribution is -2.50. The highest BCUT2D eigenvalue weighted by Gasteiger charge is 2.34. The second kappa shape index (κ2) is 8.22. The van der Waals surface area contributed by atoms with Gasteiger partial charge in [-0.25, -0.2) is 0 Å². The van der Waals surface area contributed by atoms with Gasteiger partial charge in [0.2, 0.25) is 0 Å². The molecule has 0 amide bonds. The van der Waals surface area contributed by atoms with E-state index in [1.807, 2.05) is 25.1 Å². The molecule has 1 saturated heterocycles. The molecule has 4 heteroatoms. The molecule has 1 N–H and O–H groups in total. The molecule has 0 radical (unpaired) electrons. The summed E-state index contributed by atoms with van der Waals surface area (Å²) in [5, 5.41) is 11.3. The molecule has 2 aromatic rings. The van der Waals surface area contributed by atoms with Crippen LogP contribution in [0.15, 0.2) is 48.5 Å². The number of aliphatic hydroxyl groups excluding tert-OH is 1. The number of aliphatic hydroxyl groups is 1. The SMILES string of the molecule is Cc1cc(Cl)ccc1OC[C@H](O)C[N+]1(Cc2ccccc2)CCCC1. The molecule has 134 valence electrons. The maximum atomic E-state index is 10.6. The predicted octanol–water partition coefficient (Wildman–Crippen LogP) is 4.20. The number of likely N-dealkylation sites (tertiary alicyclic amines) is 1. The summed E-state index contributed by atoms with van der Waals surface area (Å²) < 4.78 is 6.79. The van der Waals surface area contributed by atoms with Crippen LogP contribution in [0.4, 0.5) is 0 Å². The van der Waals surface area contributed by atoms with E-state index in [4.69, 9.17) is 16.3 Å². The first-order valence-electron chi connectivity index (χ1n) is 9.02. The van der Waals surface area contributed by atoms with Crippen molar-refractivity contribution in [1.82, 2.24) is 0 Å². The smallest absolute Gasteiger partial charge is 0.137 e. The summed E-state index contributed by atoms with van der Waals surface area (Å²) in [6, 6.07) is 16.2. The number of aryl methyl sites for hydroxylation is 1. The van der Waals surface area contributed by atoms with Gasteiger partial charge in [0, 0.05) is 23.4 Å². The highest BCUT2D eigenvalue weighted by molar-refractivity contribution is 6.30. The number of ether oxygens (including phenoxy) is 1. The van der Waals surface area contributed by atoms with Crippen LogP contribution in [-0.2, 0) is 6.54 Å². The standard InChI is InChI=1S/C21H27ClNO2/c1-17-13-19(22)9-10-21(17)25-16-20(24)15-23(11-5-6-12-23)14-18-7-3-2-4-8-18/h2-4,7-10,13,20,24H,5-6,11-12,14-16H2,1H3/q+1/t20-/m1/s1. The van der Waals surface area contributed by atoms with Gasteiger partial charge in [-0.3, -0.25) is 0 Å². The number of hydrogen-bond acceptors (Lipinski definition) is 2. The molecular weight excluding hydrogens is 334 g/mol. The fourth-order valence-electron chi connectivity index (χ4n) is 3.84. The van der Waals surface area contributed by atoms with Gasteiger partial charge in [0.1, 0.15) is 31.5 Å². The fraction of sp³-hybridized carbons (Fsp3) is 0.429. The third-order valence-corrected chi connectivity index (χ3v) is 5.28. The third-order valence-electron chi connectivity index (χ3n) is 5.04. The van der Waals surface area contributed by atoms with Crippen molar-refractivity contribution in [1.29, 1.82) is 0 Å². The van der Waals surface area contributed by atoms with Crippen LogP contribution < -0.4 is 4.74 Å². The highest BCUT2D eigenvalue weighted by atomic mass is 35.5. The Bertz CT molecular complexity index is 684. The summed E-state index contributed by atoms with van der Waals surface area (Å²) in [5.74, 6) is 0.791. The Morgan fingerprint density at radius 1 is 1.12 bits per heavy atom. The Kier molecular flexibility index (Phi) is 6.00. The zero-order valence-electron chi connectivity index (χ0n) is 14.8. The van der Waals surface area contributed by atoms with Crippen molar-refractivity contribution < 1.29 is 14.3 Å². The Balaban J connectivity index is 1.60. The summed E-state index contributed by atoms with van der Waals surface area (Å²) in [4.78, 5) is 0. The molecule has 1 fully saturated rings. The maximum Gasteiger partial charge on any atom is 0.137 e. The minimum Gasteiger partial charge on any atom is -0.490 e. The van der Waals surface area contributed by atoms with Crippen molar-refractivity contribution in [2.45, 2.75) is 32.4 Å². The van der Waals surface area contributed by atoms with E-state index in [-0.39, 0.29) is 0 Å². The zero-order chi connectivity index (χ0) is 17.7. The van der Waals surface area contributed by atoms with Crippen LogP contribution in [-0.4, -0.2) is 41.9 Å². The van der Waals surface area contributed by atoms with E-state index in [0.29, 0.717) is 11.6 Å².